The van der Waals surface area contributed by atoms with Crippen LogP contribution in [0.4, 0.5) is 32.3 Å². The van der Waals surface area contributed by atoms with Crippen LogP contribution >= 0.6 is 0 Å². The van der Waals surface area contributed by atoms with E-state index in [2.05, 4.69) is 42.2 Å². The molecule has 29 nitrogen and oxygen atoms in total. The van der Waals surface area contributed by atoms with Gasteiger partial charge in [0.1, 0.15) is 36.2 Å². The molecule has 1 aliphatic carbocycles. The Hall–Kier alpha value is -11.9. The average Bonchev–Trinajstić information content (AvgIpc) is 1.60. The molecule has 29 heteroatoms. The highest BCUT2D eigenvalue weighted by Crippen LogP contribution is 2.57. The Morgan fingerprint density at radius 2 is 1.38 bits per heavy atom. The Morgan fingerprint density at radius 1 is 0.701 bits per heavy atom. The third-order valence-corrected chi connectivity index (χ3v) is 20.2. The van der Waals surface area contributed by atoms with Crippen molar-refractivity contribution in [1.82, 2.24) is 46.1 Å². The van der Waals surface area contributed by atoms with Gasteiger partial charge in [0.2, 0.25) is 23.6 Å². The van der Waals surface area contributed by atoms with Crippen molar-refractivity contribution in [3.63, 3.8) is 0 Å². The minimum Gasteiger partial charge on any atom is -0.497 e. The van der Waals surface area contributed by atoms with Crippen LogP contribution < -0.4 is 65.5 Å². The minimum atomic E-state index is -1.50. The molecule has 8 amide bonds. The molecular formula is C78H87N13O16. The van der Waals surface area contributed by atoms with Gasteiger partial charge in [-0.25, -0.2) is 19.2 Å². The second-order valence-corrected chi connectivity index (χ2v) is 28.2. The number of aliphatic hydroxyl groups excluding tert-OH is 1. The highest BCUT2D eigenvalue weighted by molar-refractivity contribution is 6.07. The number of hydrogen-bond donors (Lipinski definition) is 7. The number of hydrogen-bond acceptors (Lipinski definition) is 20. The number of hydroxylamine groups is 1. The molecule has 5 aliphatic heterocycles. The number of nitrogens with one attached hydrogen (secondary N) is 6. The third-order valence-electron chi connectivity index (χ3n) is 20.2. The van der Waals surface area contributed by atoms with E-state index >= 15 is 0 Å². The largest absolute Gasteiger partial charge is 0.497 e. The minimum absolute atomic E-state index is 0.0419. The molecular weight excluding hydrogens is 1370 g/mol. The van der Waals surface area contributed by atoms with E-state index < -0.39 is 78.7 Å². The van der Waals surface area contributed by atoms with Gasteiger partial charge in [0.15, 0.2) is 29.2 Å². The maximum absolute atomic E-state index is 14.5. The first-order chi connectivity index (χ1) is 51.5. The van der Waals surface area contributed by atoms with Gasteiger partial charge >= 0.3 is 12.2 Å². The zero-order valence-corrected chi connectivity index (χ0v) is 60.9. The topological polar surface area (TPSA) is 337 Å². The molecule has 1 saturated heterocycles. The Morgan fingerprint density at radius 3 is 2.07 bits per heavy atom. The molecule has 107 heavy (non-hydrogen) atoms. The van der Waals surface area contributed by atoms with Gasteiger partial charge in [-0.15, -0.1) is 5.10 Å². The molecule has 7 N–H and O–H groups in total. The van der Waals surface area contributed by atoms with Crippen molar-refractivity contribution >= 4 is 76.0 Å². The fourth-order valence-corrected chi connectivity index (χ4v) is 14.2. The van der Waals surface area contributed by atoms with Crippen molar-refractivity contribution in [3.05, 3.63) is 155 Å². The third kappa shape index (κ3) is 15.5. The summed E-state index contributed by atoms with van der Waals surface area (Å²) in [6, 6.07) is 31.4. The SMILES string of the molecule is COc1ccc(C2=CN3C(=O)c4cc(OC)c(OCCCOc5cc6c(cc5OC)C(=O)N5CC7(CC7)C[C@H]5C(O)N6C(=O)OCc5ccc(NC(=O)[C@H](C)NC(=O)[C@@H](NC(=O)CNC(=O)C(C)NC(=O)ON6Cc7ccccc7-c7nnn(C(C)C)c7-c7ccccc76)C(C)C)cc5)cc4NC[C@@H]3C2)cc1. The van der Waals surface area contributed by atoms with Gasteiger partial charge in [-0.2, -0.15) is 5.06 Å². The number of benzene rings is 6. The van der Waals surface area contributed by atoms with Crippen LogP contribution in [0.15, 0.2) is 128 Å². The summed E-state index contributed by atoms with van der Waals surface area (Å²) in [5.41, 5.74) is 8.35. The summed E-state index contributed by atoms with van der Waals surface area (Å²) in [5.74, 6) is -1.73. The van der Waals surface area contributed by atoms with Crippen molar-refractivity contribution in [2.24, 2.45) is 11.3 Å². The number of ether oxygens (including phenoxy) is 6. The van der Waals surface area contributed by atoms with E-state index in [-0.39, 0.29) is 78.4 Å². The number of nitrogens with zero attached hydrogens (tertiary/aromatic N) is 7. The lowest BCUT2D eigenvalue weighted by molar-refractivity contribution is -0.132. The predicted octanol–water partition coefficient (Wildman–Crippen LogP) is 8.97. The summed E-state index contributed by atoms with van der Waals surface area (Å²) < 4.78 is 37.1. The fraction of sp³-hybridized carbons (Fsp3) is 0.385. The Balaban J connectivity index is 0.586. The van der Waals surface area contributed by atoms with Crippen LogP contribution in [0.5, 0.6) is 28.7 Å². The lowest BCUT2D eigenvalue weighted by Gasteiger charge is -2.31. The quantitative estimate of drug-likeness (QED) is 0.0277. The first kappa shape index (κ1) is 73.4. The summed E-state index contributed by atoms with van der Waals surface area (Å²) in [6.45, 7) is 10.8. The molecule has 1 saturated carbocycles. The first-order valence-corrected chi connectivity index (χ1v) is 35.8. The van der Waals surface area contributed by atoms with E-state index in [1.54, 1.807) is 67.2 Å². The van der Waals surface area contributed by atoms with Crippen LogP contribution in [-0.2, 0) is 41.9 Å². The molecule has 0 bridgehead atoms. The van der Waals surface area contributed by atoms with Gasteiger partial charge in [0.25, 0.3) is 11.8 Å². The second kappa shape index (κ2) is 31.1. The number of aromatic nitrogens is 3. The van der Waals surface area contributed by atoms with Crippen molar-refractivity contribution in [2.45, 2.75) is 129 Å². The van der Waals surface area contributed by atoms with Crippen LogP contribution in [-0.4, -0.2) is 168 Å². The van der Waals surface area contributed by atoms with Gasteiger partial charge in [-0.1, -0.05) is 85.8 Å². The number of fused-ring (bicyclic) bond motifs is 9. The second-order valence-electron chi connectivity index (χ2n) is 28.2. The summed E-state index contributed by atoms with van der Waals surface area (Å²) in [4.78, 5) is 121. The van der Waals surface area contributed by atoms with Crippen LogP contribution in [0.1, 0.15) is 117 Å². The van der Waals surface area contributed by atoms with Gasteiger partial charge in [0.05, 0.1) is 93.6 Å². The van der Waals surface area contributed by atoms with Crippen LogP contribution in [0.2, 0.25) is 0 Å². The van der Waals surface area contributed by atoms with Crippen molar-refractivity contribution < 1.29 is 76.7 Å². The van der Waals surface area contributed by atoms with E-state index in [4.69, 9.17) is 33.3 Å². The van der Waals surface area contributed by atoms with E-state index in [0.29, 0.717) is 77.7 Å². The zero-order chi connectivity index (χ0) is 75.5. The number of anilines is 4. The summed E-state index contributed by atoms with van der Waals surface area (Å²) in [7, 11) is 4.57. The standard InChI is InChI=1S/C78H87N13O16/c1-43(2)67(84-66(92)38-80-70(93)45(5)82-76(99)107-89-40-49-15-10-11-16-54(49)68-69(91(44(3)4)86-85-68)55-17-12-13-18-59(55)89)72(95)81-46(6)71(94)83-51-23-19-47(20-24-51)41-106-77(100)90-60-35-65(63(103-9)33-57(60)74(97)88-42-78(27-28-78)36-61(88)75(90)98)105-30-14-29-104-64-34-58-56(32-62(64)102-8)73(96)87-39-50(31-52(87)37-79-58)48-21-25-53(101-7)26-22-48/h10-13,15-26,32-35,39,43-46,52,61,67,75,79,98H,14,27-31,36-38,40-42H2,1-9H3,(H,80,93)(H,81,95)(H,82,99)(H,83,94)(H,84,92)/t45?,46-,52-,61-,67-,75?/m0/s1. The van der Waals surface area contributed by atoms with E-state index in [1.165, 1.54) is 45.3 Å². The lowest BCUT2D eigenvalue weighted by atomic mass is 9.96. The number of methoxy groups -OCH3 is 3. The molecule has 560 valence electrons. The smallest absolute Gasteiger partial charge is 0.432 e. The molecule has 2 fully saturated rings. The zero-order valence-electron chi connectivity index (χ0n) is 60.9. The van der Waals surface area contributed by atoms with Crippen LogP contribution in [0.3, 0.4) is 0 Å². The molecule has 7 aromatic rings. The highest BCUT2D eigenvalue weighted by atomic mass is 16.7. The molecule has 6 atom stereocenters. The number of aliphatic hydroxyl groups is 1. The Kier molecular flexibility index (Phi) is 21.3. The van der Waals surface area contributed by atoms with Gasteiger partial charge in [-0.05, 0) is 129 Å². The maximum atomic E-state index is 14.5. The number of rotatable bonds is 24. The maximum Gasteiger partial charge on any atom is 0.432 e. The summed E-state index contributed by atoms with van der Waals surface area (Å²) in [5, 5.41) is 39.2. The normalized spacial score (nSPS) is 17.9. The van der Waals surface area contributed by atoms with E-state index in [1.807, 2.05) is 97.5 Å². The number of para-hydroxylation sites is 1. The van der Waals surface area contributed by atoms with Crippen LogP contribution in [0.25, 0.3) is 28.1 Å². The number of carbonyl (C=O) groups excluding carboxylic acids is 8. The van der Waals surface area contributed by atoms with Crippen molar-refractivity contribution in [1.29, 1.82) is 0 Å². The number of amides is 8. The monoisotopic (exact) mass is 1460 g/mol. The lowest BCUT2D eigenvalue weighted by Crippen LogP contribution is -2.55. The average molecular weight is 1460 g/mol. The van der Waals surface area contributed by atoms with Crippen molar-refractivity contribution in [3.8, 4) is 51.3 Å². The molecule has 2 unspecified atom stereocenters. The molecule has 13 rings (SSSR count). The summed E-state index contributed by atoms with van der Waals surface area (Å²) in [6.07, 6.45) is 1.81. The molecule has 1 spiro atoms. The Bertz CT molecular complexity index is 4620. The van der Waals surface area contributed by atoms with Crippen LogP contribution in [0, 0.1) is 11.3 Å². The van der Waals surface area contributed by atoms with Gasteiger partial charge < -0.3 is 80.1 Å². The van der Waals surface area contributed by atoms with Gasteiger partial charge in [0, 0.05) is 60.7 Å². The van der Waals surface area contributed by atoms with E-state index in [0.717, 1.165) is 57.0 Å². The van der Waals surface area contributed by atoms with Crippen molar-refractivity contribution in [2.75, 3.05) is 74.8 Å². The summed E-state index contributed by atoms with van der Waals surface area (Å²) >= 11 is 0. The molecule has 6 aliphatic rings. The molecule has 6 heterocycles. The predicted molar refractivity (Wildman–Crippen MR) is 394 cm³/mol. The Labute approximate surface area is 618 Å². The van der Waals surface area contributed by atoms with Gasteiger partial charge in [-0.3, -0.25) is 28.8 Å². The fourth-order valence-electron chi connectivity index (χ4n) is 14.2. The molecule has 1 aromatic heterocycles. The molecule has 0 radical (unpaired) electrons. The highest BCUT2D eigenvalue weighted by Gasteiger charge is 2.58. The van der Waals surface area contributed by atoms with E-state index in [9.17, 15) is 43.5 Å². The first-order valence-electron chi connectivity index (χ1n) is 35.8. The number of carbonyl (C=O) groups is 8. The molecule has 6 aromatic carbocycles.